The van der Waals surface area contributed by atoms with Crippen molar-refractivity contribution in [3.8, 4) is 5.75 Å². The number of halogens is 1. The molecule has 2 aromatic carbocycles. The molecular weight excluding hydrogens is 368 g/mol. The Morgan fingerprint density at radius 3 is 2.57 bits per heavy atom. The number of aliphatic hydroxyl groups is 4. The van der Waals surface area contributed by atoms with Crippen molar-refractivity contribution < 1.29 is 29.9 Å². The van der Waals surface area contributed by atoms with Gasteiger partial charge in [0.1, 0.15) is 30.2 Å². The molecule has 0 spiro atoms. The van der Waals surface area contributed by atoms with Gasteiger partial charge in [-0.1, -0.05) is 28.1 Å². The van der Waals surface area contributed by atoms with Gasteiger partial charge in [0.05, 0.1) is 6.61 Å². The predicted octanol–water partition coefficient (Wildman–Crippen LogP) is 0.781. The highest BCUT2D eigenvalue weighted by molar-refractivity contribution is 9.10. The molecule has 0 saturated carbocycles. The van der Waals surface area contributed by atoms with Crippen LogP contribution in [-0.2, 0) is 4.74 Å². The second-order valence-corrected chi connectivity index (χ2v) is 6.29. The Bertz CT molecular complexity index is 691. The highest BCUT2D eigenvalue weighted by Gasteiger charge is 2.44. The van der Waals surface area contributed by atoms with E-state index in [0.29, 0.717) is 5.75 Å². The lowest BCUT2D eigenvalue weighted by molar-refractivity contribution is -0.277. The Labute approximate surface area is 141 Å². The average Bonchev–Trinajstić information content (AvgIpc) is 2.55. The summed E-state index contributed by atoms with van der Waals surface area (Å²) in [5.41, 5.74) is 0. The van der Waals surface area contributed by atoms with Gasteiger partial charge in [-0.3, -0.25) is 0 Å². The molecule has 0 aromatic heterocycles. The number of hydrogen-bond donors (Lipinski definition) is 4. The maximum Gasteiger partial charge on any atom is 0.229 e. The number of ether oxygens (including phenoxy) is 2. The third kappa shape index (κ3) is 3.21. The topological polar surface area (TPSA) is 99.4 Å². The van der Waals surface area contributed by atoms with E-state index in [2.05, 4.69) is 15.9 Å². The van der Waals surface area contributed by atoms with Crippen LogP contribution in [0.2, 0.25) is 0 Å². The van der Waals surface area contributed by atoms with Crippen molar-refractivity contribution in [1.82, 2.24) is 0 Å². The molecule has 3 rings (SSSR count). The van der Waals surface area contributed by atoms with E-state index >= 15 is 0 Å². The SMILES string of the molecule is OC[C@H]1O[C@@H](Oc2ccc3c(Br)cccc3c2)[C@H](O)[C@@H](O)[C@H]1O. The second kappa shape index (κ2) is 6.72. The molecule has 0 radical (unpaired) electrons. The smallest absolute Gasteiger partial charge is 0.229 e. The number of benzene rings is 2. The molecular formula is C16H17BrO6. The van der Waals surface area contributed by atoms with E-state index in [0.717, 1.165) is 15.2 Å². The van der Waals surface area contributed by atoms with E-state index in [1.54, 1.807) is 12.1 Å². The van der Waals surface area contributed by atoms with Crippen molar-refractivity contribution in [3.05, 3.63) is 40.9 Å². The molecule has 1 saturated heterocycles. The lowest BCUT2D eigenvalue weighted by atomic mass is 9.99. The van der Waals surface area contributed by atoms with Gasteiger partial charge in [0.15, 0.2) is 0 Å². The minimum absolute atomic E-state index is 0.444. The molecule has 0 unspecified atom stereocenters. The number of fused-ring (bicyclic) bond motifs is 1. The summed E-state index contributed by atoms with van der Waals surface area (Å²) in [7, 11) is 0. The monoisotopic (exact) mass is 384 g/mol. The fourth-order valence-electron chi connectivity index (χ4n) is 2.59. The van der Waals surface area contributed by atoms with Gasteiger partial charge < -0.3 is 29.9 Å². The highest BCUT2D eigenvalue weighted by Crippen LogP contribution is 2.29. The third-order valence-electron chi connectivity index (χ3n) is 3.90. The number of rotatable bonds is 3. The van der Waals surface area contributed by atoms with Crippen LogP contribution in [-0.4, -0.2) is 57.7 Å². The van der Waals surface area contributed by atoms with Crippen LogP contribution in [0.5, 0.6) is 5.75 Å². The van der Waals surface area contributed by atoms with E-state index in [1.807, 2.05) is 24.3 Å². The van der Waals surface area contributed by atoms with Crippen molar-refractivity contribution in [3.63, 3.8) is 0 Å². The Morgan fingerprint density at radius 1 is 1.04 bits per heavy atom. The largest absolute Gasteiger partial charge is 0.462 e. The molecule has 124 valence electrons. The van der Waals surface area contributed by atoms with Gasteiger partial charge in [0.2, 0.25) is 6.29 Å². The van der Waals surface area contributed by atoms with Crippen LogP contribution in [0.15, 0.2) is 40.9 Å². The van der Waals surface area contributed by atoms with Gasteiger partial charge in [0.25, 0.3) is 0 Å². The zero-order chi connectivity index (χ0) is 16.6. The minimum atomic E-state index is -1.46. The maximum absolute atomic E-state index is 9.99. The van der Waals surface area contributed by atoms with Crippen molar-refractivity contribution in [2.75, 3.05) is 6.61 Å². The first-order chi connectivity index (χ1) is 11.0. The molecule has 7 heteroatoms. The molecule has 0 bridgehead atoms. The predicted molar refractivity (Wildman–Crippen MR) is 86.0 cm³/mol. The lowest BCUT2D eigenvalue weighted by Gasteiger charge is -2.39. The highest BCUT2D eigenvalue weighted by atomic mass is 79.9. The van der Waals surface area contributed by atoms with Crippen LogP contribution in [0.1, 0.15) is 0 Å². The summed E-state index contributed by atoms with van der Waals surface area (Å²) in [5.74, 6) is 0.444. The standard InChI is InChI=1S/C16H17BrO6/c17-11-3-1-2-8-6-9(4-5-10(8)11)22-16-15(21)14(20)13(19)12(7-18)23-16/h1-6,12-16,18-21H,7H2/t12-,13+,14+,15-,16-/m1/s1. The summed E-state index contributed by atoms with van der Waals surface area (Å²) < 4.78 is 11.9. The third-order valence-corrected chi connectivity index (χ3v) is 4.59. The summed E-state index contributed by atoms with van der Waals surface area (Å²) >= 11 is 3.47. The van der Waals surface area contributed by atoms with Gasteiger partial charge in [-0.05, 0) is 35.0 Å². The van der Waals surface area contributed by atoms with Crippen LogP contribution < -0.4 is 4.74 Å². The zero-order valence-corrected chi connectivity index (χ0v) is 13.6. The van der Waals surface area contributed by atoms with Crippen LogP contribution in [0.3, 0.4) is 0 Å². The normalized spacial score (nSPS) is 31.3. The summed E-state index contributed by atoms with van der Waals surface area (Å²) in [5, 5.41) is 40.6. The van der Waals surface area contributed by atoms with Gasteiger partial charge in [0, 0.05) is 4.47 Å². The second-order valence-electron chi connectivity index (χ2n) is 5.44. The Hall–Kier alpha value is -1.22. The summed E-state index contributed by atoms with van der Waals surface area (Å²) in [6.45, 7) is -0.491. The van der Waals surface area contributed by atoms with Crippen molar-refractivity contribution in [1.29, 1.82) is 0 Å². The van der Waals surface area contributed by atoms with Gasteiger partial charge in [-0.25, -0.2) is 0 Å². The molecule has 1 heterocycles. The van der Waals surface area contributed by atoms with Crippen LogP contribution in [0.25, 0.3) is 10.8 Å². The van der Waals surface area contributed by atoms with Gasteiger partial charge in [-0.15, -0.1) is 0 Å². The molecule has 1 aliphatic heterocycles. The first-order valence-corrected chi connectivity index (χ1v) is 7.96. The van der Waals surface area contributed by atoms with E-state index in [4.69, 9.17) is 9.47 Å². The minimum Gasteiger partial charge on any atom is -0.462 e. The lowest BCUT2D eigenvalue weighted by Crippen LogP contribution is -2.60. The Morgan fingerprint density at radius 2 is 1.83 bits per heavy atom. The number of aliphatic hydroxyl groups excluding tert-OH is 4. The van der Waals surface area contributed by atoms with Crippen molar-refractivity contribution >= 4 is 26.7 Å². The van der Waals surface area contributed by atoms with Crippen LogP contribution >= 0.6 is 15.9 Å². The Balaban J connectivity index is 1.83. The Kier molecular flexibility index (Phi) is 4.86. The van der Waals surface area contributed by atoms with Crippen LogP contribution in [0.4, 0.5) is 0 Å². The molecule has 5 atom stereocenters. The van der Waals surface area contributed by atoms with Crippen LogP contribution in [0, 0.1) is 0 Å². The van der Waals surface area contributed by atoms with Gasteiger partial charge >= 0.3 is 0 Å². The van der Waals surface area contributed by atoms with Crippen molar-refractivity contribution in [2.45, 2.75) is 30.7 Å². The first-order valence-electron chi connectivity index (χ1n) is 7.16. The van der Waals surface area contributed by atoms with E-state index in [-0.39, 0.29) is 0 Å². The molecule has 1 fully saturated rings. The van der Waals surface area contributed by atoms with E-state index in [1.165, 1.54) is 0 Å². The van der Waals surface area contributed by atoms with Crippen molar-refractivity contribution in [2.24, 2.45) is 0 Å². The average molecular weight is 385 g/mol. The zero-order valence-electron chi connectivity index (χ0n) is 12.0. The molecule has 0 amide bonds. The maximum atomic E-state index is 9.99. The van der Waals surface area contributed by atoms with Gasteiger partial charge in [-0.2, -0.15) is 0 Å². The first kappa shape index (κ1) is 16.6. The number of hydrogen-bond acceptors (Lipinski definition) is 6. The fourth-order valence-corrected chi connectivity index (χ4v) is 3.11. The molecule has 1 aliphatic rings. The molecule has 23 heavy (non-hydrogen) atoms. The summed E-state index contributed by atoms with van der Waals surface area (Å²) in [6.07, 6.45) is -6.46. The molecule has 6 nitrogen and oxygen atoms in total. The molecule has 0 aliphatic carbocycles. The summed E-state index contributed by atoms with van der Waals surface area (Å²) in [4.78, 5) is 0. The van der Waals surface area contributed by atoms with E-state index in [9.17, 15) is 20.4 Å². The fraction of sp³-hybridized carbons (Fsp3) is 0.375. The molecule has 4 N–H and O–H groups in total. The van der Waals surface area contributed by atoms with E-state index < -0.39 is 37.3 Å². The quantitative estimate of drug-likeness (QED) is 0.624. The molecule has 2 aromatic rings. The summed E-state index contributed by atoms with van der Waals surface area (Å²) in [6, 6.07) is 11.1.